The van der Waals surface area contributed by atoms with Crippen LogP contribution in [0.4, 0.5) is 0 Å². The van der Waals surface area contributed by atoms with E-state index in [0.717, 1.165) is 16.5 Å². The number of benzene rings is 1. The van der Waals surface area contributed by atoms with Crippen LogP contribution in [0.25, 0.3) is 10.9 Å². The molecule has 0 spiro atoms. The molecule has 1 aliphatic rings. The third-order valence-corrected chi connectivity index (χ3v) is 5.16. The minimum absolute atomic E-state index is 0.0415. The molecular weight excluding hydrogens is 352 g/mol. The van der Waals surface area contributed by atoms with Gasteiger partial charge in [0.25, 0.3) is 5.91 Å². The molecule has 0 radical (unpaired) electrons. The molecule has 3 heterocycles. The van der Waals surface area contributed by atoms with Gasteiger partial charge in [-0.3, -0.25) is 14.6 Å². The third-order valence-electron chi connectivity index (χ3n) is 5.16. The highest BCUT2D eigenvalue weighted by molar-refractivity contribution is 5.95. The van der Waals surface area contributed by atoms with Crippen LogP contribution in [-0.4, -0.2) is 39.8 Å². The summed E-state index contributed by atoms with van der Waals surface area (Å²) in [5.74, 6) is -0.0926. The molecule has 1 aliphatic heterocycles. The van der Waals surface area contributed by atoms with Gasteiger partial charge in [0.05, 0.1) is 5.52 Å². The van der Waals surface area contributed by atoms with E-state index < -0.39 is 0 Å². The molecule has 4 rings (SSSR count). The first kappa shape index (κ1) is 18.1. The van der Waals surface area contributed by atoms with Crippen molar-refractivity contribution in [3.05, 3.63) is 72.2 Å². The third kappa shape index (κ3) is 4.01. The van der Waals surface area contributed by atoms with Gasteiger partial charge >= 0.3 is 0 Å². The maximum Gasteiger partial charge on any atom is 0.272 e. The Morgan fingerprint density at radius 1 is 1.04 bits per heavy atom. The van der Waals surface area contributed by atoms with Gasteiger partial charge in [0.15, 0.2) is 0 Å². The van der Waals surface area contributed by atoms with Crippen molar-refractivity contribution >= 4 is 22.7 Å². The van der Waals surface area contributed by atoms with Crippen molar-refractivity contribution in [1.82, 2.24) is 20.2 Å². The van der Waals surface area contributed by atoms with Gasteiger partial charge in [-0.2, -0.15) is 0 Å². The molecule has 3 aromatic rings. The number of nitrogens with one attached hydrogen (secondary N) is 1. The molecule has 6 nitrogen and oxygen atoms in total. The molecule has 0 saturated carbocycles. The van der Waals surface area contributed by atoms with Gasteiger partial charge in [0.1, 0.15) is 5.69 Å². The number of aromatic nitrogens is 2. The van der Waals surface area contributed by atoms with Crippen LogP contribution < -0.4 is 5.32 Å². The molecule has 2 amide bonds. The Bertz CT molecular complexity index is 982. The first-order valence-electron chi connectivity index (χ1n) is 9.52. The van der Waals surface area contributed by atoms with Crippen LogP contribution in [0.1, 0.15) is 28.9 Å². The first-order valence-corrected chi connectivity index (χ1v) is 9.52. The molecule has 1 saturated heterocycles. The number of hydrogen-bond acceptors (Lipinski definition) is 4. The second kappa shape index (κ2) is 8.17. The number of pyridine rings is 2. The molecule has 1 fully saturated rings. The van der Waals surface area contributed by atoms with E-state index in [-0.39, 0.29) is 17.7 Å². The van der Waals surface area contributed by atoms with Gasteiger partial charge in [-0.1, -0.05) is 30.3 Å². The number of likely N-dealkylation sites (tertiary alicyclic amines) is 1. The minimum atomic E-state index is -0.0695. The Hall–Kier alpha value is -3.28. The number of rotatable bonds is 4. The number of nitrogens with zero attached hydrogens (tertiary/aromatic N) is 3. The standard InChI is InChI=1S/C22H22N4O2/c27-21(24-15-16-4-3-11-23-14-16)18-9-12-26(13-10-18)22(28)20-8-7-17-5-1-2-6-19(17)25-20/h1-8,11,14,18H,9-10,12-13,15H2,(H,24,27). The summed E-state index contributed by atoms with van der Waals surface area (Å²) in [6.07, 6.45) is 4.79. The number of para-hydroxylation sites is 1. The molecule has 0 aliphatic carbocycles. The molecule has 0 unspecified atom stereocenters. The Morgan fingerprint density at radius 2 is 1.86 bits per heavy atom. The first-order chi connectivity index (χ1) is 13.7. The summed E-state index contributed by atoms with van der Waals surface area (Å²) in [5.41, 5.74) is 2.25. The van der Waals surface area contributed by atoms with Crippen molar-refractivity contribution in [3.63, 3.8) is 0 Å². The van der Waals surface area contributed by atoms with E-state index in [1.807, 2.05) is 42.5 Å². The monoisotopic (exact) mass is 374 g/mol. The van der Waals surface area contributed by atoms with Crippen molar-refractivity contribution < 1.29 is 9.59 Å². The lowest BCUT2D eigenvalue weighted by Gasteiger charge is -2.31. The summed E-state index contributed by atoms with van der Waals surface area (Å²) in [4.78, 5) is 35.5. The largest absolute Gasteiger partial charge is 0.352 e. The Kier molecular flexibility index (Phi) is 5.28. The van der Waals surface area contributed by atoms with Gasteiger partial charge in [-0.05, 0) is 36.6 Å². The average Bonchev–Trinajstić information content (AvgIpc) is 2.77. The van der Waals surface area contributed by atoms with Crippen molar-refractivity contribution in [3.8, 4) is 0 Å². The summed E-state index contributed by atoms with van der Waals surface area (Å²) in [7, 11) is 0. The Balaban J connectivity index is 1.32. The predicted molar refractivity (Wildman–Crippen MR) is 106 cm³/mol. The van der Waals surface area contributed by atoms with Crippen molar-refractivity contribution in [2.45, 2.75) is 19.4 Å². The van der Waals surface area contributed by atoms with Crippen molar-refractivity contribution in [2.75, 3.05) is 13.1 Å². The van der Waals surface area contributed by atoms with Crippen LogP contribution >= 0.6 is 0 Å². The quantitative estimate of drug-likeness (QED) is 0.762. The van der Waals surface area contributed by atoms with Crippen molar-refractivity contribution in [1.29, 1.82) is 0 Å². The van der Waals surface area contributed by atoms with E-state index in [1.165, 1.54) is 0 Å². The predicted octanol–water partition coefficient (Wildman–Crippen LogP) is 2.80. The zero-order valence-corrected chi connectivity index (χ0v) is 15.5. The minimum Gasteiger partial charge on any atom is -0.352 e. The average molecular weight is 374 g/mol. The van der Waals surface area contributed by atoms with E-state index in [4.69, 9.17) is 0 Å². The molecule has 2 aromatic heterocycles. The maximum atomic E-state index is 12.8. The van der Waals surface area contributed by atoms with Gasteiger partial charge in [-0.15, -0.1) is 0 Å². The van der Waals surface area contributed by atoms with Crippen molar-refractivity contribution in [2.24, 2.45) is 5.92 Å². The van der Waals surface area contributed by atoms with E-state index in [2.05, 4.69) is 15.3 Å². The molecule has 28 heavy (non-hydrogen) atoms. The molecular formula is C22H22N4O2. The van der Waals surface area contributed by atoms with E-state index in [1.54, 1.807) is 23.4 Å². The fraction of sp³-hybridized carbons (Fsp3) is 0.273. The molecule has 142 valence electrons. The van der Waals surface area contributed by atoms with Crippen LogP contribution in [0.15, 0.2) is 60.9 Å². The van der Waals surface area contributed by atoms with Crippen LogP contribution in [0.5, 0.6) is 0 Å². The van der Waals surface area contributed by atoms with E-state index in [9.17, 15) is 9.59 Å². The number of fused-ring (bicyclic) bond motifs is 1. The fourth-order valence-electron chi connectivity index (χ4n) is 3.53. The lowest BCUT2D eigenvalue weighted by molar-refractivity contribution is -0.126. The number of hydrogen-bond donors (Lipinski definition) is 1. The molecule has 0 bridgehead atoms. The van der Waals surface area contributed by atoms with Crippen LogP contribution in [0.2, 0.25) is 0 Å². The smallest absolute Gasteiger partial charge is 0.272 e. The SMILES string of the molecule is O=C(NCc1cccnc1)C1CCN(C(=O)c2ccc3ccccc3n2)CC1. The maximum absolute atomic E-state index is 12.8. The number of carbonyl (C=O) groups is 2. The van der Waals surface area contributed by atoms with Crippen LogP contribution in [0.3, 0.4) is 0 Å². The van der Waals surface area contributed by atoms with Crippen LogP contribution in [-0.2, 0) is 11.3 Å². The van der Waals surface area contributed by atoms with Crippen LogP contribution in [0, 0.1) is 5.92 Å². The summed E-state index contributed by atoms with van der Waals surface area (Å²) in [5, 5.41) is 3.99. The number of piperidine rings is 1. The second-order valence-corrected chi connectivity index (χ2v) is 7.03. The van der Waals surface area contributed by atoms with E-state index >= 15 is 0 Å². The van der Waals surface area contributed by atoms with Gasteiger partial charge < -0.3 is 10.2 Å². The topological polar surface area (TPSA) is 75.2 Å². The molecule has 6 heteroatoms. The second-order valence-electron chi connectivity index (χ2n) is 7.03. The van der Waals surface area contributed by atoms with Gasteiger partial charge in [0, 0.05) is 43.3 Å². The van der Waals surface area contributed by atoms with Gasteiger partial charge in [0.2, 0.25) is 5.91 Å². The molecule has 0 atom stereocenters. The Labute approximate surface area is 163 Å². The highest BCUT2D eigenvalue weighted by Gasteiger charge is 2.28. The number of amides is 2. The molecule has 1 aromatic carbocycles. The molecule has 1 N–H and O–H groups in total. The lowest BCUT2D eigenvalue weighted by atomic mass is 9.95. The summed E-state index contributed by atoms with van der Waals surface area (Å²) >= 11 is 0. The summed E-state index contributed by atoms with van der Waals surface area (Å²) in [6, 6.07) is 15.2. The van der Waals surface area contributed by atoms with Gasteiger partial charge in [-0.25, -0.2) is 4.98 Å². The zero-order valence-electron chi connectivity index (χ0n) is 15.5. The van der Waals surface area contributed by atoms with E-state index in [0.29, 0.717) is 38.2 Å². The highest BCUT2D eigenvalue weighted by Crippen LogP contribution is 2.20. The normalized spacial score (nSPS) is 14.8. The highest BCUT2D eigenvalue weighted by atomic mass is 16.2. The summed E-state index contributed by atoms with van der Waals surface area (Å²) < 4.78 is 0. The number of carbonyl (C=O) groups excluding carboxylic acids is 2. The Morgan fingerprint density at radius 3 is 2.64 bits per heavy atom. The fourth-order valence-corrected chi connectivity index (χ4v) is 3.53. The lowest BCUT2D eigenvalue weighted by Crippen LogP contribution is -2.43. The zero-order chi connectivity index (χ0) is 19.3. The summed E-state index contributed by atoms with van der Waals surface area (Å²) in [6.45, 7) is 1.61.